The van der Waals surface area contributed by atoms with E-state index in [1.165, 1.54) is 12.8 Å². The molecule has 0 amide bonds. The third-order valence-corrected chi connectivity index (χ3v) is 5.37. The summed E-state index contributed by atoms with van der Waals surface area (Å²) in [7, 11) is 0. The van der Waals surface area contributed by atoms with Crippen molar-refractivity contribution in [3.05, 3.63) is 69.7 Å². The molecule has 0 N–H and O–H groups in total. The van der Waals surface area contributed by atoms with E-state index in [0.717, 1.165) is 22.6 Å². The van der Waals surface area contributed by atoms with Gasteiger partial charge in [-0.15, -0.1) is 0 Å². The minimum absolute atomic E-state index is 0.218. The van der Waals surface area contributed by atoms with Gasteiger partial charge in [-0.3, -0.25) is 9.47 Å². The molecule has 4 rings (SSSR count). The molecule has 25 heavy (non-hydrogen) atoms. The third kappa shape index (κ3) is 3.24. The summed E-state index contributed by atoms with van der Waals surface area (Å²) in [5.74, 6) is -0.289. The number of benzene rings is 2. The summed E-state index contributed by atoms with van der Waals surface area (Å²) >= 11 is 6.39. The van der Waals surface area contributed by atoms with Crippen molar-refractivity contribution in [3.63, 3.8) is 0 Å². The van der Waals surface area contributed by atoms with Gasteiger partial charge in [0.1, 0.15) is 0 Å². The van der Waals surface area contributed by atoms with Crippen LogP contribution >= 0.6 is 11.6 Å². The van der Waals surface area contributed by atoms with E-state index in [0.29, 0.717) is 18.2 Å². The maximum absolute atomic E-state index is 12.2. The lowest BCUT2D eigenvalue weighted by Crippen LogP contribution is -2.34. The Morgan fingerprint density at radius 1 is 1.20 bits per heavy atom. The van der Waals surface area contributed by atoms with Crippen LogP contribution in [0, 0.1) is 0 Å². The molecule has 0 spiro atoms. The molecule has 1 aliphatic rings. The standard InChI is InChI=1S/C20H21ClN2O2/c1-14(16-6-2-3-7-17(16)21)22(15-10-11-15)12-13-23-18-8-4-5-9-19(18)25-20(23)24/h2-9,14-15H,10-13H2,1H3. The first-order chi connectivity index (χ1) is 12.1. The highest BCUT2D eigenvalue weighted by molar-refractivity contribution is 6.31. The number of hydrogen-bond donors (Lipinski definition) is 0. The fraction of sp³-hybridized carbons (Fsp3) is 0.350. The van der Waals surface area contributed by atoms with Crippen LogP contribution in [0.1, 0.15) is 31.4 Å². The van der Waals surface area contributed by atoms with Gasteiger partial charge in [0, 0.05) is 30.2 Å². The van der Waals surface area contributed by atoms with Crippen LogP contribution in [0.4, 0.5) is 0 Å². The minimum Gasteiger partial charge on any atom is -0.408 e. The van der Waals surface area contributed by atoms with Gasteiger partial charge in [0.15, 0.2) is 5.58 Å². The van der Waals surface area contributed by atoms with Crippen molar-refractivity contribution in [3.8, 4) is 0 Å². The Kier molecular flexibility index (Phi) is 4.40. The molecule has 2 aromatic carbocycles. The molecular formula is C20H21ClN2O2. The summed E-state index contributed by atoms with van der Waals surface area (Å²) in [5, 5.41) is 0.798. The number of hydrogen-bond acceptors (Lipinski definition) is 3. The molecule has 0 radical (unpaired) electrons. The number of rotatable bonds is 6. The van der Waals surface area contributed by atoms with Crippen LogP contribution in [0.5, 0.6) is 0 Å². The Morgan fingerprint density at radius 3 is 2.68 bits per heavy atom. The summed E-state index contributed by atoms with van der Waals surface area (Å²) in [6, 6.07) is 16.4. The molecule has 1 aliphatic carbocycles. The predicted molar refractivity (Wildman–Crippen MR) is 100 cm³/mol. The summed E-state index contributed by atoms with van der Waals surface area (Å²) in [6.07, 6.45) is 2.41. The maximum Gasteiger partial charge on any atom is 0.419 e. The average Bonchev–Trinajstić information content (AvgIpc) is 3.39. The first-order valence-electron chi connectivity index (χ1n) is 8.73. The van der Waals surface area contributed by atoms with Gasteiger partial charge in [-0.25, -0.2) is 4.79 Å². The fourth-order valence-electron chi connectivity index (χ4n) is 3.53. The van der Waals surface area contributed by atoms with E-state index in [1.54, 1.807) is 4.57 Å². The molecule has 1 atom stereocenters. The Bertz CT molecular complexity index is 942. The van der Waals surface area contributed by atoms with E-state index in [-0.39, 0.29) is 11.8 Å². The highest BCUT2D eigenvalue weighted by Crippen LogP contribution is 2.36. The molecule has 1 aromatic heterocycles. The van der Waals surface area contributed by atoms with Gasteiger partial charge in [0.25, 0.3) is 0 Å². The lowest BCUT2D eigenvalue weighted by molar-refractivity contribution is 0.191. The number of fused-ring (bicyclic) bond motifs is 1. The average molecular weight is 357 g/mol. The number of para-hydroxylation sites is 2. The molecule has 1 fully saturated rings. The predicted octanol–water partition coefficient (Wildman–Crippen LogP) is 4.47. The zero-order valence-electron chi connectivity index (χ0n) is 14.2. The molecule has 1 heterocycles. The van der Waals surface area contributed by atoms with Crippen molar-refractivity contribution >= 4 is 22.7 Å². The lowest BCUT2D eigenvalue weighted by Gasteiger charge is -2.30. The van der Waals surface area contributed by atoms with Gasteiger partial charge < -0.3 is 4.42 Å². The first-order valence-corrected chi connectivity index (χ1v) is 9.11. The second-order valence-corrected chi connectivity index (χ2v) is 7.06. The van der Waals surface area contributed by atoms with Crippen molar-refractivity contribution in [2.24, 2.45) is 0 Å². The van der Waals surface area contributed by atoms with E-state index >= 15 is 0 Å². The van der Waals surface area contributed by atoms with Crippen molar-refractivity contribution in [2.75, 3.05) is 6.54 Å². The number of aromatic nitrogens is 1. The molecule has 5 heteroatoms. The molecule has 1 saturated carbocycles. The number of oxazole rings is 1. The summed E-state index contributed by atoms with van der Waals surface area (Å²) in [6.45, 7) is 3.59. The second-order valence-electron chi connectivity index (χ2n) is 6.65. The van der Waals surface area contributed by atoms with E-state index < -0.39 is 0 Å². The molecule has 130 valence electrons. The van der Waals surface area contributed by atoms with Crippen LogP contribution in [-0.4, -0.2) is 22.1 Å². The monoisotopic (exact) mass is 356 g/mol. The fourth-order valence-corrected chi connectivity index (χ4v) is 3.83. The number of nitrogens with zero attached hydrogens (tertiary/aromatic N) is 2. The van der Waals surface area contributed by atoms with Crippen molar-refractivity contribution in [2.45, 2.75) is 38.4 Å². The molecule has 4 nitrogen and oxygen atoms in total. The molecule has 0 bridgehead atoms. The summed E-state index contributed by atoms with van der Waals surface area (Å²) in [4.78, 5) is 14.6. The number of halogens is 1. The highest BCUT2D eigenvalue weighted by atomic mass is 35.5. The molecular weight excluding hydrogens is 336 g/mol. The van der Waals surface area contributed by atoms with E-state index in [2.05, 4.69) is 17.9 Å². The second kappa shape index (κ2) is 6.70. The van der Waals surface area contributed by atoms with E-state index in [1.807, 2.05) is 42.5 Å². The molecule has 0 aliphatic heterocycles. The molecule has 0 saturated heterocycles. The van der Waals surface area contributed by atoms with Gasteiger partial charge in [0.05, 0.1) is 5.52 Å². The Balaban J connectivity index is 1.58. The van der Waals surface area contributed by atoms with Crippen LogP contribution in [0.2, 0.25) is 5.02 Å². The van der Waals surface area contributed by atoms with Crippen molar-refractivity contribution in [1.82, 2.24) is 9.47 Å². The summed E-state index contributed by atoms with van der Waals surface area (Å²) in [5.41, 5.74) is 2.64. The first kappa shape index (κ1) is 16.4. The van der Waals surface area contributed by atoms with Crippen molar-refractivity contribution in [1.29, 1.82) is 0 Å². The van der Waals surface area contributed by atoms with Crippen LogP contribution in [-0.2, 0) is 6.54 Å². The Morgan fingerprint density at radius 2 is 1.92 bits per heavy atom. The smallest absolute Gasteiger partial charge is 0.408 e. The minimum atomic E-state index is -0.289. The van der Waals surface area contributed by atoms with Gasteiger partial charge in [-0.1, -0.05) is 41.9 Å². The van der Waals surface area contributed by atoms with Crippen LogP contribution in [0.25, 0.3) is 11.1 Å². The van der Waals surface area contributed by atoms with Crippen molar-refractivity contribution < 1.29 is 4.42 Å². The SMILES string of the molecule is CC(c1ccccc1Cl)N(CCn1c(=O)oc2ccccc21)C1CC1. The van der Waals surface area contributed by atoms with Gasteiger partial charge in [-0.05, 0) is 43.5 Å². The van der Waals surface area contributed by atoms with E-state index in [9.17, 15) is 4.79 Å². The molecule has 1 unspecified atom stereocenters. The van der Waals surface area contributed by atoms with Gasteiger partial charge >= 0.3 is 5.76 Å². The van der Waals surface area contributed by atoms with Crippen LogP contribution in [0.15, 0.2) is 57.7 Å². The Labute approximate surface area is 151 Å². The topological polar surface area (TPSA) is 38.4 Å². The van der Waals surface area contributed by atoms with Gasteiger partial charge in [-0.2, -0.15) is 0 Å². The normalized spacial score (nSPS) is 15.8. The lowest BCUT2D eigenvalue weighted by atomic mass is 10.1. The largest absolute Gasteiger partial charge is 0.419 e. The third-order valence-electron chi connectivity index (χ3n) is 5.02. The quantitative estimate of drug-likeness (QED) is 0.654. The summed E-state index contributed by atoms with van der Waals surface area (Å²) < 4.78 is 7.07. The van der Waals surface area contributed by atoms with Crippen LogP contribution in [0.3, 0.4) is 0 Å². The van der Waals surface area contributed by atoms with Crippen LogP contribution < -0.4 is 5.76 Å². The van der Waals surface area contributed by atoms with Gasteiger partial charge in [0.2, 0.25) is 0 Å². The highest BCUT2D eigenvalue weighted by Gasteiger charge is 2.33. The molecule has 3 aromatic rings. The zero-order chi connectivity index (χ0) is 17.4. The zero-order valence-corrected chi connectivity index (χ0v) is 14.9. The Hall–Kier alpha value is -2.04. The van der Waals surface area contributed by atoms with E-state index in [4.69, 9.17) is 16.0 Å². The maximum atomic E-state index is 12.2.